The summed E-state index contributed by atoms with van der Waals surface area (Å²) in [7, 11) is 0. The number of ether oxygens (including phenoxy) is 4. The molecule has 0 aromatic carbocycles. The number of hydrogen-bond acceptors (Lipinski definition) is 16. The van der Waals surface area contributed by atoms with Crippen molar-refractivity contribution in [2.24, 2.45) is 0 Å². The Morgan fingerprint density at radius 3 is 1.68 bits per heavy atom. The Morgan fingerprint density at radius 2 is 1.15 bits per heavy atom. The van der Waals surface area contributed by atoms with Gasteiger partial charge < -0.3 is 80.2 Å². The van der Waals surface area contributed by atoms with Gasteiger partial charge in [0.1, 0.15) is 73.2 Å². The lowest BCUT2D eigenvalue weighted by atomic mass is 9.96. The highest BCUT2D eigenvalue weighted by atomic mass is 16.7. The van der Waals surface area contributed by atoms with Crippen LogP contribution in [0.2, 0.25) is 0 Å². The molecule has 0 amide bonds. The van der Waals surface area contributed by atoms with Crippen molar-refractivity contribution in [1.29, 1.82) is 0 Å². The lowest BCUT2D eigenvalue weighted by Crippen LogP contribution is -2.65. The zero-order valence-corrected chi connectivity index (χ0v) is 17.9. The Balaban J connectivity index is 2.17. The summed E-state index contributed by atoms with van der Waals surface area (Å²) in [4.78, 5) is 0. The third-order valence-electron chi connectivity index (χ3n) is 5.74. The van der Waals surface area contributed by atoms with Crippen molar-refractivity contribution in [1.82, 2.24) is 0 Å². The molecule has 2 fully saturated rings. The first-order chi connectivity index (χ1) is 16.0. The third-order valence-corrected chi connectivity index (χ3v) is 5.74. The molecule has 2 rings (SSSR count). The maximum atomic E-state index is 10.6. The lowest BCUT2D eigenvalue weighted by molar-refractivity contribution is -0.367. The molecule has 16 heteroatoms. The first kappa shape index (κ1) is 29.6. The van der Waals surface area contributed by atoms with Crippen molar-refractivity contribution in [3.63, 3.8) is 0 Å². The van der Waals surface area contributed by atoms with Crippen LogP contribution in [0, 0.1) is 0 Å². The van der Waals surface area contributed by atoms with Gasteiger partial charge in [-0.05, 0) is 0 Å². The fourth-order valence-electron chi connectivity index (χ4n) is 3.65. The molecular weight excluding hydrogens is 472 g/mol. The number of hydrogen-bond donors (Lipinski definition) is 12. The van der Waals surface area contributed by atoms with E-state index >= 15 is 0 Å². The molecule has 2 heterocycles. The van der Waals surface area contributed by atoms with Crippen molar-refractivity contribution >= 4 is 0 Å². The summed E-state index contributed by atoms with van der Waals surface area (Å²) < 4.78 is 21.2. The van der Waals surface area contributed by atoms with E-state index < -0.39 is 112 Å². The Labute approximate surface area is 193 Å². The van der Waals surface area contributed by atoms with Crippen molar-refractivity contribution in [2.75, 3.05) is 26.4 Å². The molecule has 0 unspecified atom stereocenters. The van der Waals surface area contributed by atoms with Crippen LogP contribution in [0.25, 0.3) is 0 Å². The molecule has 0 bridgehead atoms. The van der Waals surface area contributed by atoms with Gasteiger partial charge in [0.15, 0.2) is 12.6 Å². The SMILES string of the molecule is OC[C@@H](O)[C@H](O[C@H]1O[C@@H](CO)[C@H](O[C@@H]2O[C@H](CO)[C@H](O)[C@@H](O)[C@@H]2O)[C@@H](O)[C@@H]1O)[C@@H](O)[C@@H](O)CO. The minimum atomic E-state index is -1.98. The van der Waals surface area contributed by atoms with Crippen LogP contribution in [-0.2, 0) is 18.9 Å². The third kappa shape index (κ3) is 6.37. The predicted octanol–water partition coefficient (Wildman–Crippen LogP) is -7.94. The van der Waals surface area contributed by atoms with Gasteiger partial charge in [-0.1, -0.05) is 0 Å². The molecule has 2 aliphatic heterocycles. The molecule has 14 atom stereocenters. The van der Waals surface area contributed by atoms with Crippen LogP contribution in [0.3, 0.4) is 0 Å². The highest BCUT2D eigenvalue weighted by molar-refractivity contribution is 4.95. The second-order valence-electron chi connectivity index (χ2n) is 8.10. The summed E-state index contributed by atoms with van der Waals surface area (Å²) in [5, 5.41) is 118. The van der Waals surface area contributed by atoms with E-state index in [2.05, 4.69) is 0 Å². The molecule has 0 aliphatic carbocycles. The van der Waals surface area contributed by atoms with Gasteiger partial charge in [-0.2, -0.15) is 0 Å². The summed E-state index contributed by atoms with van der Waals surface area (Å²) >= 11 is 0. The minimum absolute atomic E-state index is 0.757. The molecule has 16 nitrogen and oxygen atoms in total. The predicted molar refractivity (Wildman–Crippen MR) is 103 cm³/mol. The first-order valence-corrected chi connectivity index (χ1v) is 10.5. The Morgan fingerprint density at radius 1 is 0.618 bits per heavy atom. The second-order valence-corrected chi connectivity index (χ2v) is 8.10. The maximum Gasteiger partial charge on any atom is 0.187 e. The van der Waals surface area contributed by atoms with Gasteiger partial charge in [-0.25, -0.2) is 0 Å². The molecule has 0 spiro atoms. The molecule has 12 N–H and O–H groups in total. The molecule has 0 aromatic rings. The van der Waals surface area contributed by atoms with E-state index in [1.807, 2.05) is 0 Å². The van der Waals surface area contributed by atoms with E-state index in [1.165, 1.54) is 0 Å². The molecule has 0 saturated carbocycles. The van der Waals surface area contributed by atoms with E-state index in [9.17, 15) is 56.2 Å². The molecule has 0 radical (unpaired) electrons. The number of aliphatic hydroxyl groups is 12. The van der Waals surface area contributed by atoms with Crippen LogP contribution in [0.5, 0.6) is 0 Å². The number of rotatable bonds is 11. The van der Waals surface area contributed by atoms with Crippen molar-refractivity contribution in [3.05, 3.63) is 0 Å². The van der Waals surface area contributed by atoms with Crippen LogP contribution >= 0.6 is 0 Å². The van der Waals surface area contributed by atoms with Gasteiger partial charge in [-0.3, -0.25) is 0 Å². The Bertz CT molecular complexity index is 594. The second kappa shape index (κ2) is 13.1. The van der Waals surface area contributed by atoms with E-state index in [1.54, 1.807) is 0 Å². The Hall–Kier alpha value is -0.640. The average Bonchev–Trinajstić information content (AvgIpc) is 2.84. The van der Waals surface area contributed by atoms with E-state index in [-0.39, 0.29) is 0 Å². The Kier molecular flexibility index (Phi) is 11.4. The zero-order valence-electron chi connectivity index (χ0n) is 17.9. The van der Waals surface area contributed by atoms with Gasteiger partial charge >= 0.3 is 0 Å². The van der Waals surface area contributed by atoms with Gasteiger partial charge in [0.05, 0.1) is 26.4 Å². The molecule has 202 valence electrons. The molecular formula is C18H34O16. The fourth-order valence-corrected chi connectivity index (χ4v) is 3.65. The van der Waals surface area contributed by atoms with Crippen LogP contribution in [0.4, 0.5) is 0 Å². The van der Waals surface area contributed by atoms with Gasteiger partial charge in [0.2, 0.25) is 0 Å². The highest BCUT2D eigenvalue weighted by Gasteiger charge is 2.51. The summed E-state index contributed by atoms with van der Waals surface area (Å²) in [6, 6.07) is 0. The average molecular weight is 506 g/mol. The molecule has 2 saturated heterocycles. The van der Waals surface area contributed by atoms with Gasteiger partial charge in [-0.15, -0.1) is 0 Å². The van der Waals surface area contributed by atoms with Gasteiger partial charge in [0.25, 0.3) is 0 Å². The normalized spacial score (nSPS) is 42.7. The smallest absolute Gasteiger partial charge is 0.187 e. The molecule has 2 aliphatic rings. The molecule has 0 aromatic heterocycles. The van der Waals surface area contributed by atoms with Crippen LogP contribution in [0.1, 0.15) is 0 Å². The fraction of sp³-hybridized carbons (Fsp3) is 1.00. The topological polar surface area (TPSA) is 280 Å². The largest absolute Gasteiger partial charge is 0.394 e. The quantitative estimate of drug-likeness (QED) is 0.124. The maximum absolute atomic E-state index is 10.6. The van der Waals surface area contributed by atoms with Crippen molar-refractivity contribution in [3.8, 4) is 0 Å². The first-order valence-electron chi connectivity index (χ1n) is 10.5. The monoisotopic (exact) mass is 506 g/mol. The van der Waals surface area contributed by atoms with Crippen LogP contribution < -0.4 is 0 Å². The highest BCUT2D eigenvalue weighted by Crippen LogP contribution is 2.30. The van der Waals surface area contributed by atoms with Crippen LogP contribution in [-0.4, -0.2) is 174 Å². The van der Waals surface area contributed by atoms with Crippen molar-refractivity contribution < 1.29 is 80.2 Å². The van der Waals surface area contributed by atoms with Crippen LogP contribution in [0.15, 0.2) is 0 Å². The summed E-state index contributed by atoms with van der Waals surface area (Å²) in [5.41, 5.74) is 0. The van der Waals surface area contributed by atoms with Gasteiger partial charge in [0, 0.05) is 0 Å². The van der Waals surface area contributed by atoms with Crippen molar-refractivity contribution in [2.45, 2.75) is 85.8 Å². The minimum Gasteiger partial charge on any atom is -0.394 e. The molecule has 34 heavy (non-hydrogen) atoms. The van der Waals surface area contributed by atoms with E-state index in [0.717, 1.165) is 0 Å². The lowest BCUT2D eigenvalue weighted by Gasteiger charge is -2.46. The number of aliphatic hydroxyl groups excluding tert-OH is 12. The van der Waals surface area contributed by atoms with E-state index in [4.69, 9.17) is 24.1 Å². The van der Waals surface area contributed by atoms with E-state index in [0.29, 0.717) is 0 Å². The standard InChI is InChI=1S/C18H34O16/c19-1-5(23)9(25)15(6(24)2-20)33-18-14(30)12(28)16(8(4-22)32-18)34-17-13(29)11(27)10(26)7(3-21)31-17/h5-30H,1-4H2/t5-,6+,7+,8-,9-,10-,11+,12-,13-,14-,15-,16-,17-,18+/m0/s1. The zero-order chi connectivity index (χ0) is 25.7. The summed E-state index contributed by atoms with van der Waals surface area (Å²) in [6.07, 6.45) is -24.7. The summed E-state index contributed by atoms with van der Waals surface area (Å²) in [6.45, 7) is -3.52. The summed E-state index contributed by atoms with van der Waals surface area (Å²) in [5.74, 6) is 0.